The molecule has 52 valence electrons. The van der Waals surface area contributed by atoms with Crippen molar-refractivity contribution >= 4 is 15.9 Å². The summed E-state index contributed by atoms with van der Waals surface area (Å²) in [5, 5.41) is 0. The Morgan fingerprint density at radius 1 is 1.70 bits per heavy atom. The molecular formula is C8H8BrN. The van der Waals surface area contributed by atoms with E-state index >= 15 is 0 Å². The van der Waals surface area contributed by atoms with Crippen molar-refractivity contribution in [2.24, 2.45) is 0 Å². The summed E-state index contributed by atoms with van der Waals surface area (Å²) in [6.07, 6.45) is 2.02. The molecule has 1 aliphatic rings. The first kappa shape index (κ1) is 3.86. The van der Waals surface area contributed by atoms with E-state index in [2.05, 4.69) is 20.9 Å². The molecule has 0 amide bonds. The van der Waals surface area contributed by atoms with Crippen LogP contribution < -0.4 is 0 Å². The van der Waals surface area contributed by atoms with Gasteiger partial charge < -0.3 is 0 Å². The van der Waals surface area contributed by atoms with Crippen molar-refractivity contribution < 1.29 is 4.11 Å². The minimum atomic E-state index is -0.124. The molecule has 0 aliphatic heterocycles. The summed E-state index contributed by atoms with van der Waals surface area (Å²) in [7, 11) is 0. The van der Waals surface area contributed by atoms with Gasteiger partial charge in [0.15, 0.2) is 0 Å². The summed E-state index contributed by atoms with van der Waals surface area (Å²) in [5.74, 6) is 0.388. The first-order valence-electron chi connectivity index (χ1n) is 4.74. The van der Waals surface area contributed by atoms with Crippen LogP contribution in [0.1, 0.15) is 28.4 Å². The van der Waals surface area contributed by atoms with Gasteiger partial charge in [0.25, 0.3) is 0 Å². The molecule has 1 fully saturated rings. The molecule has 0 unspecified atom stereocenters. The van der Waals surface area contributed by atoms with E-state index in [1.54, 1.807) is 0 Å². The molecule has 0 atom stereocenters. The lowest BCUT2D eigenvalue weighted by Gasteiger charge is -1.97. The standard InChI is InChI=1S/C8H8BrN/c9-8-7(6-3-4-6)2-1-5-10-8/h1-2,5-6H,3-4H2/i1D,2D,5D. The molecule has 2 rings (SSSR count). The maximum Gasteiger partial charge on any atom is 0.109 e. The van der Waals surface area contributed by atoms with Crippen LogP contribution in [0.25, 0.3) is 0 Å². The molecule has 0 saturated heterocycles. The smallest absolute Gasteiger partial charge is 0.109 e. The zero-order valence-corrected chi connectivity index (χ0v) is 6.90. The lowest BCUT2D eigenvalue weighted by molar-refractivity contribution is 1.07. The van der Waals surface area contributed by atoms with Crippen molar-refractivity contribution in [3.05, 3.63) is 28.4 Å². The highest BCUT2D eigenvalue weighted by Gasteiger charge is 2.25. The Kier molecular flexibility index (Phi) is 0.906. The molecule has 1 aromatic rings. The lowest BCUT2D eigenvalue weighted by atomic mass is 10.2. The summed E-state index contributed by atoms with van der Waals surface area (Å²) < 4.78 is 23.0. The van der Waals surface area contributed by atoms with E-state index in [0.29, 0.717) is 10.5 Å². The van der Waals surface area contributed by atoms with Gasteiger partial charge in [-0.2, -0.15) is 0 Å². The molecule has 1 heterocycles. The molecule has 0 aromatic carbocycles. The summed E-state index contributed by atoms with van der Waals surface area (Å²) in [6, 6.07) is 0.0967. The van der Waals surface area contributed by atoms with Crippen LogP contribution in [0.2, 0.25) is 0 Å². The number of halogens is 1. The molecule has 0 radical (unpaired) electrons. The van der Waals surface area contributed by atoms with Crippen molar-refractivity contribution in [1.82, 2.24) is 4.98 Å². The maximum absolute atomic E-state index is 7.67. The molecule has 0 N–H and O–H groups in total. The second-order valence-electron chi connectivity index (χ2n) is 2.45. The summed E-state index contributed by atoms with van der Waals surface area (Å²) >= 11 is 3.24. The van der Waals surface area contributed by atoms with Gasteiger partial charge >= 0.3 is 0 Å². The Balaban J connectivity index is 2.60. The monoisotopic (exact) mass is 200 g/mol. The molecule has 2 heteroatoms. The predicted molar refractivity (Wildman–Crippen MR) is 43.9 cm³/mol. The van der Waals surface area contributed by atoms with Crippen molar-refractivity contribution in [2.45, 2.75) is 18.8 Å². The second-order valence-corrected chi connectivity index (χ2v) is 3.20. The van der Waals surface area contributed by atoms with E-state index in [1.165, 1.54) is 0 Å². The lowest BCUT2D eigenvalue weighted by Crippen LogP contribution is -1.83. The van der Waals surface area contributed by atoms with E-state index in [0.717, 1.165) is 18.4 Å². The van der Waals surface area contributed by atoms with Crippen LogP contribution in [0.3, 0.4) is 0 Å². The topological polar surface area (TPSA) is 12.9 Å². The van der Waals surface area contributed by atoms with Crippen molar-refractivity contribution in [3.63, 3.8) is 0 Å². The van der Waals surface area contributed by atoms with E-state index < -0.39 is 0 Å². The third kappa shape index (κ3) is 1.08. The average molecular weight is 201 g/mol. The van der Waals surface area contributed by atoms with Crippen LogP contribution in [0, 0.1) is 0 Å². The molecule has 0 bridgehead atoms. The maximum atomic E-state index is 7.67. The number of rotatable bonds is 1. The molecule has 1 nitrogen and oxygen atoms in total. The molecule has 1 saturated carbocycles. The normalized spacial score (nSPS) is 21.5. The molecule has 10 heavy (non-hydrogen) atoms. The zero-order chi connectivity index (χ0) is 9.59. The van der Waals surface area contributed by atoms with Crippen LogP contribution in [0.5, 0.6) is 0 Å². The summed E-state index contributed by atoms with van der Waals surface area (Å²) in [4.78, 5) is 3.87. The Hall–Kier alpha value is -0.370. The SMILES string of the molecule is [2H]c1nc(Br)c(C2CC2)c([2H])c1[2H]. The Morgan fingerprint density at radius 2 is 2.50 bits per heavy atom. The Bertz CT molecular complexity index is 363. The third-order valence-electron chi connectivity index (χ3n) is 1.61. The first-order valence-corrected chi connectivity index (χ1v) is 4.03. The van der Waals surface area contributed by atoms with Crippen LogP contribution >= 0.6 is 15.9 Å². The van der Waals surface area contributed by atoms with Gasteiger partial charge in [0.05, 0.1) is 4.11 Å². The van der Waals surface area contributed by atoms with Gasteiger partial charge in [0.2, 0.25) is 0 Å². The number of hydrogen-bond acceptors (Lipinski definition) is 1. The summed E-state index contributed by atoms with van der Waals surface area (Å²) in [6.45, 7) is 0. The number of pyridine rings is 1. The highest BCUT2D eigenvalue weighted by atomic mass is 79.9. The number of hydrogen-bond donors (Lipinski definition) is 0. The highest BCUT2D eigenvalue weighted by Crippen LogP contribution is 2.42. The van der Waals surface area contributed by atoms with Gasteiger partial charge in [-0.05, 0) is 46.3 Å². The van der Waals surface area contributed by atoms with Crippen molar-refractivity contribution in [1.29, 1.82) is 0 Å². The largest absolute Gasteiger partial charge is 0.249 e. The van der Waals surface area contributed by atoms with Gasteiger partial charge in [-0.25, -0.2) is 4.98 Å². The van der Waals surface area contributed by atoms with Crippen LogP contribution in [-0.2, 0) is 0 Å². The molecular weight excluding hydrogens is 190 g/mol. The first-order chi connectivity index (χ1) is 6.11. The number of nitrogens with zero attached hydrogens (tertiary/aromatic N) is 1. The Labute approximate surface area is 72.8 Å². The third-order valence-corrected chi connectivity index (χ3v) is 2.22. The minimum Gasteiger partial charge on any atom is -0.249 e. The van der Waals surface area contributed by atoms with Crippen LogP contribution in [0.15, 0.2) is 22.9 Å². The fraction of sp³-hybridized carbons (Fsp3) is 0.375. The van der Waals surface area contributed by atoms with Gasteiger partial charge in [-0.3, -0.25) is 0 Å². The van der Waals surface area contributed by atoms with E-state index in [4.69, 9.17) is 4.11 Å². The van der Waals surface area contributed by atoms with Crippen LogP contribution in [-0.4, -0.2) is 4.98 Å². The predicted octanol–water partition coefficient (Wildman–Crippen LogP) is 2.72. The molecule has 1 aromatic heterocycles. The fourth-order valence-corrected chi connectivity index (χ4v) is 1.44. The van der Waals surface area contributed by atoms with E-state index in [-0.39, 0.29) is 18.3 Å². The van der Waals surface area contributed by atoms with E-state index in [9.17, 15) is 0 Å². The van der Waals surface area contributed by atoms with Gasteiger partial charge in [-0.15, -0.1) is 0 Å². The minimum absolute atomic E-state index is 0.0647. The van der Waals surface area contributed by atoms with Gasteiger partial charge in [0, 0.05) is 6.17 Å². The van der Waals surface area contributed by atoms with Crippen molar-refractivity contribution in [3.8, 4) is 0 Å². The average Bonchev–Trinajstić information content (AvgIpc) is 2.84. The van der Waals surface area contributed by atoms with E-state index in [1.807, 2.05) is 0 Å². The van der Waals surface area contributed by atoms with Gasteiger partial charge in [0.1, 0.15) is 4.60 Å². The molecule has 0 spiro atoms. The highest BCUT2D eigenvalue weighted by molar-refractivity contribution is 9.10. The van der Waals surface area contributed by atoms with Gasteiger partial charge in [-0.1, -0.05) is 6.04 Å². The van der Waals surface area contributed by atoms with Crippen LogP contribution in [0.4, 0.5) is 0 Å². The second kappa shape index (κ2) is 2.35. The number of aromatic nitrogens is 1. The quantitative estimate of drug-likeness (QED) is 0.636. The zero-order valence-electron chi connectivity index (χ0n) is 8.32. The Morgan fingerprint density at radius 3 is 3.20 bits per heavy atom. The van der Waals surface area contributed by atoms with Crippen molar-refractivity contribution in [2.75, 3.05) is 0 Å². The fourth-order valence-electron chi connectivity index (χ4n) is 0.927. The molecule has 1 aliphatic carbocycles. The summed E-state index contributed by atoms with van der Waals surface area (Å²) in [5.41, 5.74) is 0.806.